The largest absolute Gasteiger partial charge is 0.469 e. The van der Waals surface area contributed by atoms with Crippen LogP contribution in [-0.2, 0) is 16.0 Å². The van der Waals surface area contributed by atoms with Gasteiger partial charge in [0, 0.05) is 28.8 Å². The molecule has 0 fully saturated rings. The fourth-order valence-corrected chi connectivity index (χ4v) is 4.67. The van der Waals surface area contributed by atoms with Crippen LogP contribution in [0.2, 0.25) is 0 Å². The number of allylic oxidation sites excluding steroid dienone is 2. The van der Waals surface area contributed by atoms with E-state index in [1.54, 1.807) is 0 Å². The number of fused-ring (bicyclic) bond motifs is 5. The van der Waals surface area contributed by atoms with E-state index in [0.717, 1.165) is 48.7 Å². The predicted molar refractivity (Wildman–Crippen MR) is 104 cm³/mol. The molecule has 0 amide bonds. The minimum atomic E-state index is -0.123. The first-order valence-corrected chi connectivity index (χ1v) is 9.50. The molecule has 2 atom stereocenters. The van der Waals surface area contributed by atoms with Crippen molar-refractivity contribution in [1.82, 2.24) is 4.98 Å². The maximum atomic E-state index is 11.3. The summed E-state index contributed by atoms with van der Waals surface area (Å²) in [6.07, 6.45) is 7.92. The van der Waals surface area contributed by atoms with Gasteiger partial charge >= 0.3 is 5.97 Å². The number of nitrogens with zero attached hydrogens (tertiary/aromatic N) is 1. The van der Waals surface area contributed by atoms with E-state index in [2.05, 4.69) is 31.2 Å². The van der Waals surface area contributed by atoms with Gasteiger partial charge in [0.05, 0.1) is 12.6 Å². The maximum Gasteiger partial charge on any atom is 0.305 e. The van der Waals surface area contributed by atoms with E-state index in [0.29, 0.717) is 18.3 Å². The molecule has 0 spiro atoms. The number of rotatable bonds is 4. The van der Waals surface area contributed by atoms with Gasteiger partial charge in [0.2, 0.25) is 0 Å². The second-order valence-electron chi connectivity index (χ2n) is 7.76. The van der Waals surface area contributed by atoms with Crippen molar-refractivity contribution in [3.8, 4) is 0 Å². The number of hydrogen-bond acceptors (Lipinski definition) is 4. The summed E-state index contributed by atoms with van der Waals surface area (Å²) in [5, 5.41) is 1.08. The Kier molecular flexibility index (Phi) is 4.43. The number of nitrogen functional groups attached to an aromatic ring is 1. The van der Waals surface area contributed by atoms with Crippen molar-refractivity contribution in [3.05, 3.63) is 46.7 Å². The lowest BCUT2D eigenvalue weighted by Gasteiger charge is -2.36. The standard InChI is InChI=1S/C22H26N2O2/c1-13-6-7-17-18(8-13)24-19-12-15-9-14(4-3-5-20(25)26-2)10-16(11-15)21(19)22(17)23/h6-9,15-16H,3-5,10-12H2,1-2H3,(H2,23,24). The SMILES string of the molecule is COC(=O)CCCC1=CC2Cc3nc4cc(C)ccc4c(N)c3C(C1)C2. The Morgan fingerprint density at radius 2 is 2.19 bits per heavy atom. The van der Waals surface area contributed by atoms with Gasteiger partial charge in [0.25, 0.3) is 0 Å². The van der Waals surface area contributed by atoms with E-state index in [4.69, 9.17) is 15.5 Å². The zero-order valence-corrected chi connectivity index (χ0v) is 15.5. The number of pyridine rings is 1. The van der Waals surface area contributed by atoms with Gasteiger partial charge in [0.15, 0.2) is 0 Å². The molecule has 4 nitrogen and oxygen atoms in total. The summed E-state index contributed by atoms with van der Waals surface area (Å²) in [7, 11) is 1.45. The van der Waals surface area contributed by atoms with Crippen LogP contribution < -0.4 is 5.73 Å². The molecule has 4 rings (SSSR count). The molecular formula is C22H26N2O2. The first-order valence-electron chi connectivity index (χ1n) is 9.50. The van der Waals surface area contributed by atoms with Crippen LogP contribution in [0.4, 0.5) is 5.69 Å². The van der Waals surface area contributed by atoms with Crippen LogP contribution in [-0.4, -0.2) is 18.1 Å². The Morgan fingerprint density at radius 1 is 1.35 bits per heavy atom. The van der Waals surface area contributed by atoms with Crippen molar-refractivity contribution in [2.45, 2.75) is 51.4 Å². The lowest BCUT2D eigenvalue weighted by molar-refractivity contribution is -0.140. The Morgan fingerprint density at radius 3 is 3.00 bits per heavy atom. The molecule has 2 bridgehead atoms. The third-order valence-electron chi connectivity index (χ3n) is 5.84. The van der Waals surface area contributed by atoms with Crippen LogP contribution in [0.1, 0.15) is 54.8 Å². The monoisotopic (exact) mass is 350 g/mol. The molecule has 2 aliphatic rings. The first kappa shape index (κ1) is 17.1. The van der Waals surface area contributed by atoms with E-state index >= 15 is 0 Å². The smallest absolute Gasteiger partial charge is 0.305 e. The summed E-state index contributed by atoms with van der Waals surface area (Å²) in [6.45, 7) is 2.09. The molecule has 2 aromatic rings. The summed E-state index contributed by atoms with van der Waals surface area (Å²) >= 11 is 0. The van der Waals surface area contributed by atoms with Crippen molar-refractivity contribution in [1.29, 1.82) is 0 Å². The van der Waals surface area contributed by atoms with Gasteiger partial charge in [-0.2, -0.15) is 0 Å². The van der Waals surface area contributed by atoms with Gasteiger partial charge in [-0.3, -0.25) is 9.78 Å². The highest BCUT2D eigenvalue weighted by atomic mass is 16.5. The number of esters is 1. The third kappa shape index (κ3) is 3.09. The molecule has 1 heterocycles. The highest BCUT2D eigenvalue weighted by molar-refractivity contribution is 5.93. The fraction of sp³-hybridized carbons (Fsp3) is 0.455. The number of anilines is 1. The van der Waals surface area contributed by atoms with Crippen LogP contribution in [0.3, 0.4) is 0 Å². The van der Waals surface area contributed by atoms with Crippen molar-refractivity contribution >= 4 is 22.6 Å². The highest BCUT2D eigenvalue weighted by Crippen LogP contribution is 2.47. The first-order chi connectivity index (χ1) is 12.5. The molecule has 0 radical (unpaired) electrons. The Bertz CT molecular complexity index is 901. The summed E-state index contributed by atoms with van der Waals surface area (Å²) < 4.78 is 4.74. The average Bonchev–Trinajstić information content (AvgIpc) is 2.60. The van der Waals surface area contributed by atoms with Crippen molar-refractivity contribution in [2.75, 3.05) is 12.8 Å². The zero-order chi connectivity index (χ0) is 18.3. The molecule has 26 heavy (non-hydrogen) atoms. The average molecular weight is 350 g/mol. The summed E-state index contributed by atoms with van der Waals surface area (Å²) in [5.74, 6) is 0.880. The molecule has 1 aromatic carbocycles. The second-order valence-corrected chi connectivity index (χ2v) is 7.76. The van der Waals surface area contributed by atoms with E-state index < -0.39 is 0 Å². The van der Waals surface area contributed by atoms with E-state index in [9.17, 15) is 4.79 Å². The number of benzene rings is 1. The van der Waals surface area contributed by atoms with Crippen LogP contribution in [0.25, 0.3) is 10.9 Å². The van der Waals surface area contributed by atoms with Crippen LogP contribution in [0.15, 0.2) is 29.8 Å². The quantitative estimate of drug-likeness (QED) is 0.654. The number of hydrogen-bond donors (Lipinski definition) is 1. The molecule has 136 valence electrons. The van der Waals surface area contributed by atoms with Gasteiger partial charge in [-0.1, -0.05) is 23.8 Å². The van der Waals surface area contributed by atoms with Gasteiger partial charge in [-0.25, -0.2) is 0 Å². The summed E-state index contributed by atoms with van der Waals surface area (Å²) in [6, 6.07) is 6.34. The maximum absolute atomic E-state index is 11.3. The lowest BCUT2D eigenvalue weighted by atomic mass is 9.70. The Balaban J connectivity index is 1.60. The van der Waals surface area contributed by atoms with Gasteiger partial charge in [-0.15, -0.1) is 0 Å². The normalized spacial score (nSPS) is 21.2. The Labute approximate surface area is 154 Å². The minimum absolute atomic E-state index is 0.123. The number of aryl methyl sites for hydroxylation is 1. The molecular weight excluding hydrogens is 324 g/mol. The second kappa shape index (κ2) is 6.75. The molecule has 2 aliphatic carbocycles. The van der Waals surface area contributed by atoms with Gasteiger partial charge < -0.3 is 10.5 Å². The Hall–Kier alpha value is -2.36. The van der Waals surface area contributed by atoms with Crippen LogP contribution >= 0.6 is 0 Å². The highest BCUT2D eigenvalue weighted by Gasteiger charge is 2.33. The number of carbonyl (C=O) groups excluding carboxylic acids is 1. The zero-order valence-electron chi connectivity index (χ0n) is 15.5. The van der Waals surface area contributed by atoms with E-state index in [1.807, 2.05) is 0 Å². The minimum Gasteiger partial charge on any atom is -0.469 e. The van der Waals surface area contributed by atoms with Crippen molar-refractivity contribution < 1.29 is 9.53 Å². The van der Waals surface area contributed by atoms with Crippen LogP contribution in [0, 0.1) is 12.8 Å². The van der Waals surface area contributed by atoms with Gasteiger partial charge in [0.1, 0.15) is 0 Å². The molecule has 0 saturated heterocycles. The van der Waals surface area contributed by atoms with Crippen molar-refractivity contribution in [3.63, 3.8) is 0 Å². The number of methoxy groups -OCH3 is 1. The number of nitrogens with two attached hydrogens (primary N) is 1. The fourth-order valence-electron chi connectivity index (χ4n) is 4.67. The number of aromatic nitrogens is 1. The third-order valence-corrected chi connectivity index (χ3v) is 5.84. The molecule has 0 aliphatic heterocycles. The number of carbonyl (C=O) groups is 1. The van der Waals surface area contributed by atoms with Crippen LogP contribution in [0.5, 0.6) is 0 Å². The molecule has 2 N–H and O–H groups in total. The van der Waals surface area contributed by atoms with E-state index in [1.165, 1.54) is 29.5 Å². The number of ether oxygens (including phenoxy) is 1. The lowest BCUT2D eigenvalue weighted by Crippen LogP contribution is -2.24. The molecule has 0 saturated carbocycles. The topological polar surface area (TPSA) is 65.2 Å². The molecule has 1 aromatic heterocycles. The van der Waals surface area contributed by atoms with Gasteiger partial charge in [-0.05, 0) is 62.5 Å². The molecule has 2 unspecified atom stereocenters. The van der Waals surface area contributed by atoms with Crippen molar-refractivity contribution in [2.24, 2.45) is 5.92 Å². The summed E-state index contributed by atoms with van der Waals surface area (Å²) in [4.78, 5) is 16.3. The van der Waals surface area contributed by atoms with E-state index in [-0.39, 0.29) is 5.97 Å². The predicted octanol–water partition coefficient (Wildman–Crippen LogP) is 4.44. The molecule has 4 heteroatoms. The summed E-state index contributed by atoms with van der Waals surface area (Å²) in [5.41, 5.74) is 13.7.